The predicted octanol–water partition coefficient (Wildman–Crippen LogP) is 5.36. The Labute approximate surface area is 210 Å². The number of piperidine rings is 1. The fraction of sp³-hybridized carbons (Fsp3) is 0.400. The number of carbonyl (C=O) groups is 2. The summed E-state index contributed by atoms with van der Waals surface area (Å²) in [5.41, 5.74) is 0.468. The van der Waals surface area contributed by atoms with Crippen LogP contribution in [-0.2, 0) is 4.79 Å². The van der Waals surface area contributed by atoms with Crippen molar-refractivity contribution in [2.45, 2.75) is 23.5 Å². The number of carboxylic acids is 1. The number of Topliss-reactive ketones (excluding diaryl/α,β-unsaturated/α-hetero) is 1. The van der Waals surface area contributed by atoms with Gasteiger partial charge in [0.25, 0.3) is 0 Å². The summed E-state index contributed by atoms with van der Waals surface area (Å²) in [6.07, 6.45) is 2.13. The lowest BCUT2D eigenvalue weighted by Gasteiger charge is -2.36. The molecule has 0 radical (unpaired) electrons. The number of carboxylic acid groups (broad SMARTS) is 1. The summed E-state index contributed by atoms with van der Waals surface area (Å²) >= 11 is 2.92. The molecule has 186 valence electrons. The Morgan fingerprint density at radius 1 is 1.31 bits per heavy atom. The van der Waals surface area contributed by atoms with E-state index in [1.807, 2.05) is 0 Å². The molecule has 0 amide bonds. The van der Waals surface area contributed by atoms with Crippen molar-refractivity contribution in [3.63, 3.8) is 0 Å². The predicted molar refractivity (Wildman–Crippen MR) is 132 cm³/mol. The van der Waals surface area contributed by atoms with Crippen molar-refractivity contribution < 1.29 is 28.2 Å². The van der Waals surface area contributed by atoms with Crippen LogP contribution in [0.25, 0.3) is 10.9 Å². The first-order chi connectivity index (χ1) is 16.9. The van der Waals surface area contributed by atoms with Crippen molar-refractivity contribution in [3.05, 3.63) is 53.0 Å². The molecule has 0 spiro atoms. The number of nitrogens with zero attached hydrogens (tertiary/aromatic N) is 2. The van der Waals surface area contributed by atoms with Gasteiger partial charge in [-0.3, -0.25) is 14.6 Å². The average molecular weight is 521 g/mol. The SMILES string of the molecule is COc1ccc2ncc(F)c(C(=O)CCC3CCN(CCSc4cc(F)cs4)CC3C(=O)O)c2c1. The van der Waals surface area contributed by atoms with E-state index in [2.05, 4.69) is 9.88 Å². The zero-order valence-corrected chi connectivity index (χ0v) is 20.8. The monoisotopic (exact) mass is 520 g/mol. The van der Waals surface area contributed by atoms with E-state index in [-0.39, 0.29) is 29.5 Å². The topological polar surface area (TPSA) is 79.7 Å². The number of rotatable bonds is 10. The fourth-order valence-corrected chi connectivity index (χ4v) is 6.43. The average Bonchev–Trinajstić information content (AvgIpc) is 3.27. The second kappa shape index (κ2) is 11.5. The quantitative estimate of drug-likeness (QED) is 0.285. The highest BCUT2D eigenvalue weighted by atomic mass is 32.2. The van der Waals surface area contributed by atoms with Crippen molar-refractivity contribution >= 4 is 45.8 Å². The summed E-state index contributed by atoms with van der Waals surface area (Å²) in [5.74, 6) is -1.70. The first-order valence-corrected chi connectivity index (χ1v) is 13.2. The zero-order chi connectivity index (χ0) is 24.9. The number of aliphatic carboxylic acids is 1. The van der Waals surface area contributed by atoms with Gasteiger partial charge in [0.15, 0.2) is 11.6 Å². The summed E-state index contributed by atoms with van der Waals surface area (Å²) in [6, 6.07) is 6.47. The molecular formula is C25H26F2N2O4S2. The Kier molecular flexibility index (Phi) is 8.35. The third kappa shape index (κ3) is 6.17. The zero-order valence-electron chi connectivity index (χ0n) is 19.2. The largest absolute Gasteiger partial charge is 0.497 e. The first-order valence-electron chi connectivity index (χ1n) is 11.3. The van der Waals surface area contributed by atoms with Crippen LogP contribution in [0.2, 0.25) is 0 Å². The van der Waals surface area contributed by atoms with Crippen LogP contribution in [0.15, 0.2) is 40.1 Å². The van der Waals surface area contributed by atoms with Crippen LogP contribution in [0.4, 0.5) is 8.78 Å². The van der Waals surface area contributed by atoms with Crippen molar-refractivity contribution in [2.24, 2.45) is 11.8 Å². The highest BCUT2D eigenvalue weighted by molar-refractivity contribution is 8.01. The van der Waals surface area contributed by atoms with Crippen LogP contribution in [-0.4, -0.2) is 59.2 Å². The van der Waals surface area contributed by atoms with Crippen molar-refractivity contribution in [2.75, 3.05) is 32.5 Å². The number of carbonyl (C=O) groups excluding carboxylic acids is 1. The van der Waals surface area contributed by atoms with Crippen LogP contribution >= 0.6 is 23.1 Å². The number of halogens is 2. The van der Waals surface area contributed by atoms with Gasteiger partial charge in [-0.05, 0) is 49.6 Å². The van der Waals surface area contributed by atoms with Gasteiger partial charge in [-0.15, -0.1) is 23.1 Å². The third-order valence-corrected chi connectivity index (χ3v) is 8.53. The molecule has 3 aromatic rings. The van der Waals surface area contributed by atoms with Crippen molar-refractivity contribution in [1.82, 2.24) is 9.88 Å². The van der Waals surface area contributed by atoms with Crippen LogP contribution in [0.1, 0.15) is 29.6 Å². The molecule has 1 aliphatic rings. The molecule has 6 nitrogen and oxygen atoms in total. The smallest absolute Gasteiger partial charge is 0.308 e. The van der Waals surface area contributed by atoms with Gasteiger partial charge >= 0.3 is 5.97 Å². The van der Waals surface area contributed by atoms with E-state index in [9.17, 15) is 23.5 Å². The number of benzene rings is 1. The summed E-state index contributed by atoms with van der Waals surface area (Å²) in [5, 5.41) is 11.7. The number of methoxy groups -OCH3 is 1. The van der Waals surface area contributed by atoms with E-state index in [0.29, 0.717) is 42.6 Å². The number of fused-ring (bicyclic) bond motifs is 1. The number of hydrogen-bond donors (Lipinski definition) is 1. The summed E-state index contributed by atoms with van der Waals surface area (Å²) in [7, 11) is 1.49. The molecule has 2 atom stereocenters. The van der Waals surface area contributed by atoms with E-state index in [1.165, 1.54) is 29.9 Å². The minimum Gasteiger partial charge on any atom is -0.497 e. The van der Waals surface area contributed by atoms with Gasteiger partial charge in [0.2, 0.25) is 0 Å². The number of pyridine rings is 1. The van der Waals surface area contributed by atoms with E-state index in [0.717, 1.165) is 22.7 Å². The molecule has 1 fully saturated rings. The molecule has 1 aromatic carbocycles. The lowest BCUT2D eigenvalue weighted by atomic mass is 9.81. The molecule has 0 bridgehead atoms. The van der Waals surface area contributed by atoms with Gasteiger partial charge < -0.3 is 14.7 Å². The summed E-state index contributed by atoms with van der Waals surface area (Å²) < 4.78 is 33.9. The molecule has 1 saturated heterocycles. The molecule has 1 N–H and O–H groups in total. The molecule has 0 saturated carbocycles. The lowest BCUT2D eigenvalue weighted by molar-refractivity contribution is -0.146. The minimum atomic E-state index is -0.884. The molecule has 35 heavy (non-hydrogen) atoms. The van der Waals surface area contributed by atoms with Gasteiger partial charge in [0.1, 0.15) is 11.6 Å². The highest BCUT2D eigenvalue weighted by Crippen LogP contribution is 2.32. The molecule has 2 aromatic heterocycles. The van der Waals surface area contributed by atoms with E-state index >= 15 is 0 Å². The van der Waals surface area contributed by atoms with Gasteiger partial charge in [0, 0.05) is 36.0 Å². The number of thioether (sulfide) groups is 1. The van der Waals surface area contributed by atoms with Crippen LogP contribution < -0.4 is 4.74 Å². The van der Waals surface area contributed by atoms with E-state index in [1.54, 1.807) is 30.0 Å². The van der Waals surface area contributed by atoms with Gasteiger partial charge in [-0.1, -0.05) is 0 Å². The van der Waals surface area contributed by atoms with Crippen molar-refractivity contribution in [1.29, 1.82) is 0 Å². The fourth-order valence-electron chi connectivity index (χ4n) is 4.54. The molecule has 3 heterocycles. The van der Waals surface area contributed by atoms with Crippen molar-refractivity contribution in [3.8, 4) is 5.75 Å². The Bertz CT molecular complexity index is 1220. The third-order valence-electron chi connectivity index (χ3n) is 6.40. The molecule has 1 aliphatic heterocycles. The molecular weight excluding hydrogens is 494 g/mol. The Morgan fingerprint density at radius 3 is 2.86 bits per heavy atom. The van der Waals surface area contributed by atoms with Crippen LogP contribution in [0, 0.1) is 23.5 Å². The standard InChI is InChI=1S/C25H26F2N2O4S2/c1-33-17-3-4-21-18(11-17)24(20(27)12-28-21)22(30)5-2-15-6-7-29(13-19(15)25(31)32)8-9-34-23-10-16(26)14-35-23/h3-4,10-12,14-15,19H,2,5-9,13H2,1H3,(H,31,32). The maximum absolute atomic E-state index is 14.6. The molecule has 10 heteroatoms. The van der Waals surface area contributed by atoms with Gasteiger partial charge in [0.05, 0.1) is 34.5 Å². The van der Waals surface area contributed by atoms with Gasteiger partial charge in [-0.2, -0.15) is 0 Å². The number of thiophene rings is 1. The molecule has 0 aliphatic carbocycles. The number of likely N-dealkylation sites (tertiary alicyclic amines) is 1. The number of hydrogen-bond acceptors (Lipinski definition) is 7. The Balaban J connectivity index is 1.37. The minimum absolute atomic E-state index is 0.0275. The Morgan fingerprint density at radius 2 is 2.14 bits per heavy atom. The second-order valence-electron chi connectivity index (χ2n) is 8.55. The first kappa shape index (κ1) is 25.5. The number of ether oxygens (including phenoxy) is 1. The van der Waals surface area contributed by atoms with E-state index in [4.69, 9.17) is 4.74 Å². The maximum Gasteiger partial charge on any atom is 0.308 e. The normalized spacial score (nSPS) is 18.6. The Hall–Kier alpha value is -2.56. The molecule has 4 rings (SSSR count). The summed E-state index contributed by atoms with van der Waals surface area (Å²) in [4.78, 5) is 31.2. The van der Waals surface area contributed by atoms with Crippen LogP contribution in [0.5, 0.6) is 5.75 Å². The second-order valence-corrected chi connectivity index (χ2v) is 10.9. The molecule has 2 unspecified atom stereocenters. The summed E-state index contributed by atoms with van der Waals surface area (Å²) in [6.45, 7) is 1.83. The van der Waals surface area contributed by atoms with E-state index < -0.39 is 17.7 Å². The van der Waals surface area contributed by atoms with Gasteiger partial charge in [-0.25, -0.2) is 8.78 Å². The number of ketones is 1. The highest BCUT2D eigenvalue weighted by Gasteiger charge is 2.34. The van der Waals surface area contributed by atoms with Crippen LogP contribution in [0.3, 0.4) is 0 Å². The lowest BCUT2D eigenvalue weighted by Crippen LogP contribution is -2.44. The number of aromatic nitrogens is 1. The maximum atomic E-state index is 14.6.